The molecule has 0 spiro atoms. The largest absolute Gasteiger partial charge is 0.334 e. The third-order valence-corrected chi connectivity index (χ3v) is 9.18. The lowest BCUT2D eigenvalue weighted by Crippen LogP contribution is -2.44. The van der Waals surface area contributed by atoms with E-state index in [0.29, 0.717) is 37.8 Å². The van der Waals surface area contributed by atoms with Crippen molar-refractivity contribution in [3.05, 3.63) is 70.8 Å². The fraction of sp³-hybridized carbons (Fsp3) is 0.556. The lowest BCUT2D eigenvalue weighted by atomic mass is 9.91. The molecule has 0 saturated carbocycles. The zero-order valence-electron chi connectivity index (χ0n) is 28.5. The maximum Gasteiger partial charge on any atom is 0.317 e. The summed E-state index contributed by atoms with van der Waals surface area (Å²) >= 11 is 0. The Morgan fingerprint density at radius 3 is 1.54 bits per heavy atom. The zero-order chi connectivity index (χ0) is 34.7. The lowest BCUT2D eigenvalue weighted by molar-refractivity contribution is -0.130. The number of urea groups is 2. The molecule has 0 aliphatic carbocycles. The molecule has 12 heteroatoms. The molecule has 4 rings (SSSR count). The number of hydrogen-bond donors (Lipinski definition) is 6. The highest BCUT2D eigenvalue weighted by Crippen LogP contribution is 2.24. The number of rotatable bonds is 12. The second-order valence-corrected chi connectivity index (χ2v) is 13.0. The summed E-state index contributed by atoms with van der Waals surface area (Å²) in [5.74, 6) is 0.445. The average Bonchev–Trinajstić information content (AvgIpc) is 3.11. The van der Waals surface area contributed by atoms with Crippen molar-refractivity contribution in [2.75, 3.05) is 26.2 Å². The molecule has 48 heavy (non-hydrogen) atoms. The van der Waals surface area contributed by atoms with Crippen molar-refractivity contribution in [2.24, 2.45) is 11.8 Å². The van der Waals surface area contributed by atoms with Crippen LogP contribution in [0.4, 0.5) is 9.59 Å². The minimum absolute atomic E-state index is 0.00499. The Morgan fingerprint density at radius 1 is 0.646 bits per heavy atom. The first-order chi connectivity index (χ1) is 23.2. The summed E-state index contributed by atoms with van der Waals surface area (Å²) in [6.45, 7) is 8.23. The zero-order valence-corrected chi connectivity index (χ0v) is 28.5. The molecule has 2 aromatic rings. The molecule has 2 aliphatic heterocycles. The van der Waals surface area contributed by atoms with Gasteiger partial charge in [-0.15, -0.1) is 0 Å². The summed E-state index contributed by atoms with van der Waals surface area (Å²) in [5, 5.41) is 22.9. The van der Waals surface area contributed by atoms with Crippen molar-refractivity contribution in [1.82, 2.24) is 31.4 Å². The summed E-state index contributed by atoms with van der Waals surface area (Å²) < 4.78 is 0. The molecule has 0 radical (unpaired) electrons. The van der Waals surface area contributed by atoms with Gasteiger partial charge in [0.2, 0.25) is 11.8 Å². The third-order valence-electron chi connectivity index (χ3n) is 9.18. The third kappa shape index (κ3) is 14.3. The number of carbonyl (C=O) groups excluding carboxylic acids is 4. The number of amides is 6. The van der Waals surface area contributed by atoms with Crippen LogP contribution in [0.2, 0.25) is 0 Å². The fourth-order valence-electron chi connectivity index (χ4n) is 6.17. The molecule has 2 fully saturated rings. The molecule has 2 aromatic carbocycles. The Hall–Kier alpha value is -4.16. The lowest BCUT2D eigenvalue weighted by Gasteiger charge is -2.32. The molecular weight excluding hydrogens is 612 g/mol. The second kappa shape index (κ2) is 20.9. The summed E-state index contributed by atoms with van der Waals surface area (Å²) in [6, 6.07) is 16.3. The number of nitrogens with zero attached hydrogens (tertiary/aromatic N) is 2. The fourth-order valence-corrected chi connectivity index (χ4v) is 6.17. The van der Waals surface area contributed by atoms with Gasteiger partial charge in [-0.1, -0.05) is 59.7 Å². The molecule has 0 bridgehead atoms. The monoisotopic (exact) mass is 666 g/mol. The molecule has 0 atom stereocenters. The van der Waals surface area contributed by atoms with E-state index >= 15 is 0 Å². The van der Waals surface area contributed by atoms with Gasteiger partial charge in [-0.3, -0.25) is 20.0 Å². The van der Waals surface area contributed by atoms with Crippen LogP contribution >= 0.6 is 0 Å². The molecule has 2 aliphatic rings. The summed E-state index contributed by atoms with van der Waals surface area (Å²) in [6.07, 6.45) is 8.07. The van der Waals surface area contributed by atoms with Gasteiger partial charge in [-0.25, -0.2) is 20.5 Å². The van der Waals surface area contributed by atoms with E-state index in [1.54, 1.807) is 11.0 Å². The van der Waals surface area contributed by atoms with Crippen LogP contribution in [0.1, 0.15) is 86.5 Å². The summed E-state index contributed by atoms with van der Waals surface area (Å²) in [7, 11) is 0. The van der Waals surface area contributed by atoms with E-state index in [9.17, 15) is 19.2 Å². The van der Waals surface area contributed by atoms with Gasteiger partial charge in [-0.2, -0.15) is 0 Å². The van der Waals surface area contributed by atoms with Crippen LogP contribution in [0.25, 0.3) is 0 Å². The van der Waals surface area contributed by atoms with Crippen LogP contribution < -0.4 is 21.6 Å². The van der Waals surface area contributed by atoms with Gasteiger partial charge in [0.1, 0.15) is 0 Å². The molecular formula is C36H54N6O6. The number of nitrogens with one attached hydrogen (secondary N) is 4. The highest BCUT2D eigenvalue weighted by molar-refractivity contribution is 5.75. The van der Waals surface area contributed by atoms with Gasteiger partial charge >= 0.3 is 12.1 Å². The molecule has 6 N–H and O–H groups in total. The number of piperidine rings is 2. The maximum absolute atomic E-state index is 12.2. The minimum Gasteiger partial charge on any atom is -0.334 e. The van der Waals surface area contributed by atoms with Gasteiger partial charge in [0.25, 0.3) is 0 Å². The molecule has 0 aromatic heterocycles. The average molecular weight is 667 g/mol. The Kier molecular flexibility index (Phi) is 16.7. The molecule has 6 amide bonds. The van der Waals surface area contributed by atoms with Crippen LogP contribution in [0.15, 0.2) is 48.5 Å². The maximum atomic E-state index is 12.2. The number of hydrogen-bond acceptors (Lipinski definition) is 6. The van der Waals surface area contributed by atoms with Gasteiger partial charge in [-0.05, 0) is 88.2 Å². The van der Waals surface area contributed by atoms with Crippen molar-refractivity contribution in [1.29, 1.82) is 0 Å². The van der Waals surface area contributed by atoms with E-state index in [1.165, 1.54) is 11.1 Å². The van der Waals surface area contributed by atoms with Gasteiger partial charge in [0.05, 0.1) is 0 Å². The number of benzene rings is 2. The van der Waals surface area contributed by atoms with Crippen molar-refractivity contribution in [3.8, 4) is 0 Å². The van der Waals surface area contributed by atoms with Crippen LogP contribution in [0, 0.1) is 25.7 Å². The van der Waals surface area contributed by atoms with Crippen LogP contribution in [0.5, 0.6) is 0 Å². The Balaban J connectivity index is 0.000000260. The van der Waals surface area contributed by atoms with E-state index in [-0.39, 0.29) is 23.9 Å². The van der Waals surface area contributed by atoms with Crippen molar-refractivity contribution < 1.29 is 29.6 Å². The second-order valence-electron chi connectivity index (χ2n) is 13.0. The van der Waals surface area contributed by atoms with Crippen LogP contribution in [0.3, 0.4) is 0 Å². The summed E-state index contributed by atoms with van der Waals surface area (Å²) in [4.78, 5) is 50.2. The van der Waals surface area contributed by atoms with Gasteiger partial charge in [0, 0.05) is 52.1 Å². The van der Waals surface area contributed by atoms with E-state index in [4.69, 9.17) is 10.4 Å². The van der Waals surface area contributed by atoms with Crippen molar-refractivity contribution in [2.45, 2.75) is 91.1 Å². The van der Waals surface area contributed by atoms with E-state index in [0.717, 1.165) is 88.7 Å². The predicted octanol–water partition coefficient (Wildman–Crippen LogP) is 5.18. The SMILES string of the molecule is Cc1ccc(CNC(=O)N2CCC(CCCC(=O)NO)CC2)cc1.Cc1cccc(CNC(=O)N2CCC(CCCC(=O)NO)CC2)c1. The number of aryl methyl sites for hydroxylation is 2. The number of likely N-dealkylation sites (tertiary alicyclic amines) is 2. The Bertz CT molecular complexity index is 1290. The molecule has 2 saturated heterocycles. The number of hydroxylamine groups is 2. The van der Waals surface area contributed by atoms with Crippen molar-refractivity contribution >= 4 is 23.9 Å². The summed E-state index contributed by atoms with van der Waals surface area (Å²) in [5.41, 5.74) is 7.93. The van der Waals surface area contributed by atoms with E-state index in [2.05, 4.69) is 16.7 Å². The highest BCUT2D eigenvalue weighted by Gasteiger charge is 2.23. The van der Waals surface area contributed by atoms with Gasteiger partial charge < -0.3 is 20.4 Å². The standard InChI is InChI=1S/2C18H27N3O3/c1-14-4-2-6-16(12-14)13-19-18(23)21-10-8-15(9-11-21)5-3-7-17(22)20-24;1-14-5-7-16(8-6-14)13-19-18(23)21-11-9-15(10-12-21)3-2-4-17(22)20-24/h2,4,6,12,15,24H,3,5,7-11,13H2,1H3,(H,19,23)(H,20,22);5-8,15,24H,2-4,9-13H2,1H3,(H,19,23)(H,20,22). The number of carbonyl (C=O) groups is 4. The quantitative estimate of drug-likeness (QED) is 0.135. The Morgan fingerprint density at radius 2 is 1.10 bits per heavy atom. The topological polar surface area (TPSA) is 163 Å². The van der Waals surface area contributed by atoms with Crippen molar-refractivity contribution in [3.63, 3.8) is 0 Å². The van der Waals surface area contributed by atoms with Gasteiger partial charge in [0.15, 0.2) is 0 Å². The predicted molar refractivity (Wildman–Crippen MR) is 183 cm³/mol. The Labute approximate surface area is 284 Å². The van der Waals surface area contributed by atoms with Crippen LogP contribution in [-0.2, 0) is 22.7 Å². The molecule has 2 heterocycles. The minimum atomic E-state index is -0.331. The van der Waals surface area contributed by atoms with E-state index < -0.39 is 0 Å². The first-order valence-electron chi connectivity index (χ1n) is 17.2. The molecule has 0 unspecified atom stereocenters. The molecule has 264 valence electrons. The first-order valence-corrected chi connectivity index (χ1v) is 17.2. The smallest absolute Gasteiger partial charge is 0.317 e. The normalized spacial score (nSPS) is 15.2. The van der Waals surface area contributed by atoms with Crippen LogP contribution in [-0.4, -0.2) is 70.3 Å². The first kappa shape index (κ1) is 38.3. The van der Waals surface area contributed by atoms with E-state index in [1.807, 2.05) is 66.1 Å². The highest BCUT2D eigenvalue weighted by atomic mass is 16.5. The molecule has 12 nitrogen and oxygen atoms in total.